The summed E-state index contributed by atoms with van der Waals surface area (Å²) in [5, 5.41) is 0.469. The molecule has 2 aromatic carbocycles. The second kappa shape index (κ2) is 21.0. The Hall–Kier alpha value is -2.80. The van der Waals surface area contributed by atoms with Crippen molar-refractivity contribution in [3.63, 3.8) is 0 Å². The van der Waals surface area contributed by atoms with Gasteiger partial charge in [0, 0.05) is 30.0 Å². The van der Waals surface area contributed by atoms with Gasteiger partial charge >= 0.3 is 0 Å². The summed E-state index contributed by atoms with van der Waals surface area (Å²) in [6.07, 6.45) is 7.76. The molecule has 2 aliphatic carbocycles. The minimum absolute atomic E-state index is 0.0711. The average molecular weight is 601 g/mol. The SMILES string of the molecule is C=CC.CC.CC.CC.O=C(NSC1CC1)c1cc(C2CC2)c(OCC2CCN(C(=O)c3ccccc3)CC2)cc1F. The number of nitrogens with one attached hydrogen (secondary N) is 1. The van der Waals surface area contributed by atoms with Crippen LogP contribution in [-0.2, 0) is 0 Å². The topological polar surface area (TPSA) is 58.6 Å². The molecule has 3 fully saturated rings. The van der Waals surface area contributed by atoms with E-state index in [4.69, 9.17) is 4.74 Å². The minimum atomic E-state index is -0.536. The summed E-state index contributed by atoms with van der Waals surface area (Å²) in [7, 11) is 0. The van der Waals surface area contributed by atoms with Crippen molar-refractivity contribution in [3.05, 3.63) is 77.6 Å². The van der Waals surface area contributed by atoms with Gasteiger partial charge in [-0.1, -0.05) is 65.8 Å². The Kier molecular flexibility index (Phi) is 18.6. The van der Waals surface area contributed by atoms with E-state index in [0.29, 0.717) is 42.5 Å². The Balaban J connectivity index is 0.000000890. The van der Waals surface area contributed by atoms with Gasteiger partial charge in [0.05, 0.1) is 12.2 Å². The first-order chi connectivity index (χ1) is 20.5. The van der Waals surface area contributed by atoms with Crippen molar-refractivity contribution in [3.8, 4) is 5.75 Å². The number of carbonyl (C=O) groups excluding carboxylic acids is 2. The second-order valence-corrected chi connectivity index (χ2v) is 10.8. The molecular weight excluding hydrogens is 547 g/mol. The van der Waals surface area contributed by atoms with Gasteiger partial charge in [-0.25, -0.2) is 4.39 Å². The van der Waals surface area contributed by atoms with Crippen molar-refractivity contribution >= 4 is 23.8 Å². The van der Waals surface area contributed by atoms with Gasteiger partial charge in [-0.2, -0.15) is 0 Å². The summed E-state index contributed by atoms with van der Waals surface area (Å²) >= 11 is 1.39. The van der Waals surface area contributed by atoms with Gasteiger partial charge in [-0.15, -0.1) is 6.58 Å². The van der Waals surface area contributed by atoms with Crippen molar-refractivity contribution in [2.45, 2.75) is 98.2 Å². The van der Waals surface area contributed by atoms with Crippen LogP contribution in [-0.4, -0.2) is 41.7 Å². The Morgan fingerprint density at radius 3 is 2.07 bits per heavy atom. The van der Waals surface area contributed by atoms with Gasteiger partial charge in [-0.3, -0.25) is 14.3 Å². The molecule has 1 aliphatic heterocycles. The van der Waals surface area contributed by atoms with E-state index in [1.807, 2.05) is 83.7 Å². The quantitative estimate of drug-likeness (QED) is 0.242. The third-order valence-corrected chi connectivity index (χ3v) is 7.71. The van der Waals surface area contributed by atoms with E-state index in [1.165, 1.54) is 18.0 Å². The zero-order valence-corrected chi connectivity index (χ0v) is 27.7. The first kappa shape index (κ1) is 37.2. The van der Waals surface area contributed by atoms with Crippen molar-refractivity contribution in [1.29, 1.82) is 0 Å². The molecule has 7 heteroatoms. The lowest BCUT2D eigenvalue weighted by Crippen LogP contribution is -2.39. The van der Waals surface area contributed by atoms with Crippen LogP contribution in [0.2, 0.25) is 0 Å². The van der Waals surface area contributed by atoms with Gasteiger partial charge in [0.2, 0.25) is 0 Å². The van der Waals surface area contributed by atoms with E-state index >= 15 is 0 Å². The van der Waals surface area contributed by atoms with Crippen molar-refractivity contribution in [1.82, 2.24) is 9.62 Å². The van der Waals surface area contributed by atoms with Crippen LogP contribution in [0.15, 0.2) is 55.1 Å². The molecule has 3 aliphatic rings. The number of nitrogens with zero attached hydrogens (tertiary/aromatic N) is 1. The highest BCUT2D eigenvalue weighted by Gasteiger charge is 2.31. The fourth-order valence-corrected chi connectivity index (χ4v) is 4.99. The molecule has 234 valence electrons. The smallest absolute Gasteiger partial charge is 0.264 e. The van der Waals surface area contributed by atoms with Crippen LogP contribution in [0.3, 0.4) is 0 Å². The number of amides is 2. The molecule has 0 unspecified atom stereocenters. The largest absolute Gasteiger partial charge is 0.493 e. The van der Waals surface area contributed by atoms with Crippen molar-refractivity contribution < 1.29 is 18.7 Å². The van der Waals surface area contributed by atoms with Crippen LogP contribution in [0.25, 0.3) is 0 Å². The fraction of sp³-hybridized carbons (Fsp3) is 0.543. The van der Waals surface area contributed by atoms with Gasteiger partial charge in [0.25, 0.3) is 11.8 Å². The Bertz CT molecular complexity index is 1060. The maximum atomic E-state index is 14.8. The molecule has 2 amide bonds. The molecule has 2 aromatic rings. The zero-order valence-electron chi connectivity index (χ0n) is 26.9. The molecule has 5 nitrogen and oxygen atoms in total. The predicted molar refractivity (Wildman–Crippen MR) is 177 cm³/mol. The van der Waals surface area contributed by atoms with E-state index in [0.717, 1.165) is 49.7 Å². The van der Waals surface area contributed by atoms with E-state index in [2.05, 4.69) is 11.3 Å². The van der Waals surface area contributed by atoms with E-state index in [1.54, 1.807) is 12.1 Å². The van der Waals surface area contributed by atoms with Crippen LogP contribution in [0.4, 0.5) is 4.39 Å². The molecule has 2 saturated carbocycles. The molecule has 0 aromatic heterocycles. The van der Waals surface area contributed by atoms with Crippen molar-refractivity contribution in [2.75, 3.05) is 19.7 Å². The number of hydrogen-bond donors (Lipinski definition) is 1. The number of hydrogen-bond acceptors (Lipinski definition) is 4. The lowest BCUT2D eigenvalue weighted by atomic mass is 9.97. The van der Waals surface area contributed by atoms with Gasteiger partial charge in [0.1, 0.15) is 11.6 Å². The molecular formula is C35H53FN2O3S. The number of benzene rings is 2. The molecule has 1 heterocycles. The monoisotopic (exact) mass is 600 g/mol. The highest BCUT2D eigenvalue weighted by molar-refractivity contribution is 7.98. The van der Waals surface area contributed by atoms with Crippen LogP contribution in [0, 0.1) is 11.7 Å². The van der Waals surface area contributed by atoms with Crippen LogP contribution in [0.5, 0.6) is 5.75 Å². The number of rotatable bonds is 8. The third-order valence-electron chi connectivity index (χ3n) is 6.60. The number of likely N-dealkylation sites (tertiary alicyclic amines) is 1. The molecule has 1 N–H and O–H groups in total. The maximum Gasteiger partial charge on any atom is 0.264 e. The molecule has 0 bridgehead atoms. The molecule has 0 atom stereocenters. The summed E-state index contributed by atoms with van der Waals surface area (Å²) in [5.41, 5.74) is 1.76. The summed E-state index contributed by atoms with van der Waals surface area (Å²) < 4.78 is 23.7. The summed E-state index contributed by atoms with van der Waals surface area (Å²) in [6.45, 7) is 19.1. The summed E-state index contributed by atoms with van der Waals surface area (Å²) in [6, 6.07) is 12.4. The van der Waals surface area contributed by atoms with Crippen LogP contribution >= 0.6 is 11.9 Å². The van der Waals surface area contributed by atoms with E-state index in [-0.39, 0.29) is 17.4 Å². The normalized spacial score (nSPS) is 15.5. The second-order valence-electron chi connectivity index (χ2n) is 9.71. The lowest BCUT2D eigenvalue weighted by Gasteiger charge is -2.32. The number of halogens is 1. The van der Waals surface area contributed by atoms with Crippen LogP contribution < -0.4 is 9.46 Å². The first-order valence-electron chi connectivity index (χ1n) is 15.8. The molecule has 42 heavy (non-hydrogen) atoms. The van der Waals surface area contributed by atoms with Gasteiger partial charge in [0.15, 0.2) is 0 Å². The Morgan fingerprint density at radius 2 is 1.55 bits per heavy atom. The van der Waals surface area contributed by atoms with E-state index < -0.39 is 5.82 Å². The first-order valence-corrected chi connectivity index (χ1v) is 16.7. The lowest BCUT2D eigenvalue weighted by molar-refractivity contribution is 0.0660. The third kappa shape index (κ3) is 12.2. The van der Waals surface area contributed by atoms with Crippen LogP contribution in [0.1, 0.15) is 119 Å². The summed E-state index contributed by atoms with van der Waals surface area (Å²) in [5.74, 6) is 0.386. The van der Waals surface area contributed by atoms with Gasteiger partial charge in [-0.05, 0) is 93.0 Å². The standard InChI is InChI=1S/C26H29FN2O3S.C3H6.3C2H6/c27-23-15-24(21(18-6-7-18)14-22(23)25(30)28-33-20-8-9-20)32-16-17-10-12-29(13-11-17)26(31)19-4-2-1-3-5-19;1-3-2;3*1-2/h1-5,14-15,17-18,20H,6-13,16H2,(H,28,30);3H,1H2,2H3;3*1-2H3. The number of allylic oxidation sites excluding steroid dienone is 1. The molecule has 0 radical (unpaired) electrons. The van der Waals surface area contributed by atoms with Crippen molar-refractivity contribution in [2.24, 2.45) is 5.92 Å². The average Bonchev–Trinajstić information content (AvgIpc) is 3.98. The van der Waals surface area contributed by atoms with Gasteiger partial charge < -0.3 is 9.64 Å². The highest BCUT2D eigenvalue weighted by atomic mass is 32.2. The number of carbonyl (C=O) groups is 2. The Morgan fingerprint density at radius 1 is 0.976 bits per heavy atom. The Labute approximate surface area is 258 Å². The number of ether oxygens (including phenoxy) is 1. The fourth-order valence-electron chi connectivity index (χ4n) is 4.24. The molecule has 0 spiro atoms. The molecule has 5 rings (SSSR count). The van der Waals surface area contributed by atoms with E-state index in [9.17, 15) is 14.0 Å². The number of piperidine rings is 1. The summed E-state index contributed by atoms with van der Waals surface area (Å²) in [4.78, 5) is 27.0. The highest BCUT2D eigenvalue weighted by Crippen LogP contribution is 2.45. The maximum absolute atomic E-state index is 14.8. The molecule has 1 saturated heterocycles. The zero-order chi connectivity index (χ0) is 31.5. The minimum Gasteiger partial charge on any atom is -0.493 e. The predicted octanol–water partition coefficient (Wildman–Crippen LogP) is 9.45.